The molecule has 0 spiro atoms. The third-order valence-electron chi connectivity index (χ3n) is 15.7. The third-order valence-corrected chi connectivity index (χ3v) is 15.7. The van der Waals surface area contributed by atoms with Gasteiger partial charge in [-0.3, -0.25) is 0 Å². The molecule has 0 unspecified atom stereocenters. The Balaban J connectivity index is 0.00000736. The summed E-state index contributed by atoms with van der Waals surface area (Å²) in [5.41, 5.74) is 17.5. The number of hydrogen-bond acceptors (Lipinski definition) is 2. The summed E-state index contributed by atoms with van der Waals surface area (Å²) in [5, 5.41) is 2.14. The molecule has 2 aromatic heterocycles. The van der Waals surface area contributed by atoms with Crippen molar-refractivity contribution in [2.75, 3.05) is 0 Å². The standard InChI is InChI=1S/C73H70F2N4O.Pt/c1-43(2)48-29-49(44(3)4)31-51(30-48)60-20-18-21-61(52-32-55(74)39-56(75)33-52)72(60)78-42-77(67-23-16-17-24-68(67)78)57-34-53(71-64(46(7)8)36-50(45(5)6)37-65(71)47(9)10)35-59(40-57)80-58-25-26-63-62-19-14-15-22-66(62)79(69(63)41-58)70-38-54(27-28-76-70)73(11,12)13;/h14-39,43-47H,1-13H3;/q;+2. The topological polar surface area (TPSA) is 33.1 Å². The Morgan fingerprint density at radius 3 is 1.72 bits per heavy atom. The molecule has 11 rings (SSSR count). The molecule has 0 aliphatic carbocycles. The predicted octanol–water partition coefficient (Wildman–Crippen LogP) is 20.6. The minimum absolute atomic E-state index is 0. The number of para-hydroxylation sites is 4. The zero-order valence-corrected chi connectivity index (χ0v) is 50.9. The summed E-state index contributed by atoms with van der Waals surface area (Å²) >= 11 is 0. The molecular weight excluding hydrogens is 1180 g/mol. The van der Waals surface area contributed by atoms with Gasteiger partial charge < -0.3 is 9.30 Å². The van der Waals surface area contributed by atoms with Crippen LogP contribution in [0.4, 0.5) is 31.5 Å². The van der Waals surface area contributed by atoms with E-state index in [0.717, 1.165) is 67.4 Å². The van der Waals surface area contributed by atoms with Gasteiger partial charge in [-0.25, -0.2) is 13.8 Å². The molecule has 81 heavy (non-hydrogen) atoms. The van der Waals surface area contributed by atoms with Crippen LogP contribution in [0, 0.1) is 23.8 Å². The fourth-order valence-corrected chi connectivity index (χ4v) is 11.3. The maximum atomic E-state index is 15.4. The number of pyridine rings is 1. The first-order valence-corrected chi connectivity index (χ1v) is 28.3. The van der Waals surface area contributed by atoms with Gasteiger partial charge >= 0.3 is 27.1 Å². The van der Waals surface area contributed by atoms with Crippen LogP contribution in [0.3, 0.4) is 0 Å². The first-order chi connectivity index (χ1) is 38.2. The summed E-state index contributed by atoms with van der Waals surface area (Å²) in [4.78, 5) is 4.94. The van der Waals surface area contributed by atoms with Gasteiger partial charge in [0.05, 0.1) is 11.1 Å². The molecule has 0 fully saturated rings. The van der Waals surface area contributed by atoms with Gasteiger partial charge in [-0.1, -0.05) is 179 Å². The Bertz CT molecular complexity index is 4070. The van der Waals surface area contributed by atoms with Crippen molar-refractivity contribution in [2.24, 2.45) is 0 Å². The zero-order chi connectivity index (χ0) is 56.5. The fourth-order valence-electron chi connectivity index (χ4n) is 11.3. The average Bonchev–Trinajstić information content (AvgIpc) is 4.14. The summed E-state index contributed by atoms with van der Waals surface area (Å²) < 4.78 is 44.3. The molecule has 410 valence electrons. The van der Waals surface area contributed by atoms with Crippen molar-refractivity contribution in [2.45, 2.75) is 125 Å². The van der Waals surface area contributed by atoms with Crippen LogP contribution in [0.2, 0.25) is 0 Å². The maximum absolute atomic E-state index is 15.4. The molecule has 0 bridgehead atoms. The van der Waals surface area contributed by atoms with E-state index < -0.39 is 11.6 Å². The van der Waals surface area contributed by atoms with Gasteiger partial charge in [0.15, 0.2) is 0 Å². The van der Waals surface area contributed by atoms with Crippen molar-refractivity contribution in [3.05, 3.63) is 215 Å². The Hall–Kier alpha value is -7.56. The normalized spacial score (nSPS) is 12.5. The van der Waals surface area contributed by atoms with E-state index in [9.17, 15) is 0 Å². The van der Waals surface area contributed by atoms with Gasteiger partial charge in [0.25, 0.3) is 11.4 Å². The molecule has 0 saturated heterocycles. The second kappa shape index (κ2) is 22.4. The van der Waals surface area contributed by atoms with Crippen molar-refractivity contribution in [3.63, 3.8) is 0 Å². The van der Waals surface area contributed by atoms with Gasteiger partial charge in [-0.2, -0.15) is 6.07 Å². The molecule has 1 aliphatic heterocycles. The van der Waals surface area contributed by atoms with E-state index in [4.69, 9.17) is 9.72 Å². The quantitative estimate of drug-likeness (QED) is 0.0851. The molecule has 8 aromatic carbocycles. The smallest absolute Gasteiger partial charge is 0.509 e. The number of rotatable bonds is 13. The van der Waals surface area contributed by atoms with Crippen molar-refractivity contribution in [1.29, 1.82) is 0 Å². The zero-order valence-electron chi connectivity index (χ0n) is 48.7. The summed E-state index contributed by atoms with van der Waals surface area (Å²) in [5.74, 6) is 1.80. The molecular formula is C73H70F2N4OPt+2. The molecule has 8 heteroatoms. The molecule has 0 amide bonds. The molecule has 5 nitrogen and oxygen atoms in total. The minimum Gasteiger partial charge on any atom is -0.509 e. The Labute approximate surface area is 491 Å². The molecule has 0 radical (unpaired) electrons. The Morgan fingerprint density at radius 1 is 0.531 bits per heavy atom. The van der Waals surface area contributed by atoms with Crippen molar-refractivity contribution >= 4 is 50.6 Å². The Morgan fingerprint density at radius 2 is 1.11 bits per heavy atom. The first-order valence-electron chi connectivity index (χ1n) is 28.3. The average molecular weight is 1250 g/mol. The van der Waals surface area contributed by atoms with Crippen LogP contribution in [0.1, 0.15) is 153 Å². The summed E-state index contributed by atoms with van der Waals surface area (Å²) in [7, 11) is 0. The van der Waals surface area contributed by atoms with Gasteiger partial charge in [-0.15, -0.1) is 29.1 Å². The van der Waals surface area contributed by atoms with Crippen molar-refractivity contribution in [1.82, 2.24) is 18.7 Å². The predicted molar refractivity (Wildman–Crippen MR) is 329 cm³/mol. The van der Waals surface area contributed by atoms with Gasteiger partial charge in [-0.05, 0) is 138 Å². The first kappa shape index (κ1) is 56.7. The number of nitrogens with zero attached hydrogens (tertiary/aromatic N) is 4. The van der Waals surface area contributed by atoms with Gasteiger partial charge in [0.2, 0.25) is 5.69 Å². The number of halogens is 2. The number of hydrogen-bond donors (Lipinski definition) is 0. The van der Waals surface area contributed by atoms with E-state index in [0.29, 0.717) is 34.2 Å². The van der Waals surface area contributed by atoms with E-state index >= 15 is 8.78 Å². The van der Waals surface area contributed by atoms with Crippen LogP contribution in [0.25, 0.3) is 61.0 Å². The maximum Gasteiger partial charge on any atom is 2.00 e. The van der Waals surface area contributed by atoms with Crippen LogP contribution >= 0.6 is 0 Å². The number of fused-ring (bicyclic) bond motifs is 4. The van der Waals surface area contributed by atoms with Crippen LogP contribution in [0.5, 0.6) is 11.5 Å². The second-order valence-corrected chi connectivity index (χ2v) is 24.2. The molecule has 0 atom stereocenters. The fraction of sp³-hybridized carbons (Fsp3) is 0.260. The minimum atomic E-state index is -0.650. The van der Waals surface area contributed by atoms with E-state index in [1.807, 2.05) is 41.1 Å². The summed E-state index contributed by atoms with van der Waals surface area (Å²) in [6, 6.07) is 62.0. The van der Waals surface area contributed by atoms with E-state index in [1.54, 1.807) is 0 Å². The SMILES string of the molecule is CC(C)c1cc(-c2cccc(-c3cc(F)cc(F)c3)c2[N+]2=C=[N+](c3[c-]c(Oc4[c-]c5c(cc4)c4ccccc4n5-c4cc(C(C)(C)C)ccn4)cc(-c4c(C(C)C)cc(C(C)C)cc4C(C)C)c3)c3ccccc32)cc(C(C)C)c1.[Pt+2]. The van der Waals surface area contributed by atoms with Crippen LogP contribution in [0.15, 0.2) is 158 Å². The van der Waals surface area contributed by atoms with E-state index in [-0.39, 0.29) is 50.2 Å². The van der Waals surface area contributed by atoms with Crippen LogP contribution < -0.4 is 13.9 Å². The molecule has 1 aliphatic rings. The molecule has 10 aromatic rings. The second-order valence-electron chi connectivity index (χ2n) is 24.2. The van der Waals surface area contributed by atoms with Gasteiger partial charge in [0.1, 0.15) is 23.1 Å². The molecule has 3 heterocycles. The summed E-state index contributed by atoms with van der Waals surface area (Å²) in [6.07, 6.45) is 1.89. The number of benzene rings is 8. The van der Waals surface area contributed by atoms with E-state index in [2.05, 4.69) is 220 Å². The van der Waals surface area contributed by atoms with Crippen molar-refractivity contribution < 1.29 is 34.6 Å². The molecule has 0 N–H and O–H groups in total. The van der Waals surface area contributed by atoms with Crippen LogP contribution in [-0.4, -0.2) is 15.6 Å². The number of aromatic nitrogens is 2. The largest absolute Gasteiger partial charge is 2.00 e. The van der Waals surface area contributed by atoms with Crippen molar-refractivity contribution in [3.8, 4) is 50.7 Å². The summed E-state index contributed by atoms with van der Waals surface area (Å²) in [6.45, 7) is 29.1. The third kappa shape index (κ3) is 10.9. The van der Waals surface area contributed by atoms with Gasteiger partial charge in [0, 0.05) is 41.4 Å². The number of ether oxygens (including phenoxy) is 1. The van der Waals surface area contributed by atoms with Crippen LogP contribution in [-0.2, 0) is 26.5 Å². The molecule has 0 saturated carbocycles. The van der Waals surface area contributed by atoms with E-state index in [1.165, 1.54) is 51.1 Å². The monoisotopic (exact) mass is 1250 g/mol. The Kier molecular flexibility index (Phi) is 15.7.